The van der Waals surface area contributed by atoms with E-state index in [4.69, 9.17) is 9.47 Å². The highest BCUT2D eigenvalue weighted by Gasteiger charge is 2.41. The molecule has 1 aliphatic rings. The van der Waals surface area contributed by atoms with Crippen LogP contribution in [0, 0.1) is 6.92 Å². The van der Waals surface area contributed by atoms with Crippen molar-refractivity contribution in [3.8, 4) is 0 Å². The van der Waals surface area contributed by atoms with E-state index in [1.54, 1.807) is 7.11 Å². The van der Waals surface area contributed by atoms with Gasteiger partial charge in [0, 0.05) is 38.0 Å². The van der Waals surface area contributed by atoms with E-state index in [0.29, 0.717) is 26.1 Å². The van der Waals surface area contributed by atoms with Gasteiger partial charge in [0.2, 0.25) is 5.78 Å². The van der Waals surface area contributed by atoms with Gasteiger partial charge in [-0.05, 0) is 19.1 Å². The lowest BCUT2D eigenvalue weighted by molar-refractivity contribution is -0.0661. The Kier molecular flexibility index (Phi) is 3.42. The van der Waals surface area contributed by atoms with Gasteiger partial charge in [0.25, 0.3) is 0 Å². The van der Waals surface area contributed by atoms with Gasteiger partial charge >= 0.3 is 0 Å². The van der Waals surface area contributed by atoms with Crippen molar-refractivity contribution in [1.82, 2.24) is 0 Å². The average Bonchev–Trinajstić information content (AvgIpc) is 2.76. The summed E-state index contributed by atoms with van der Waals surface area (Å²) in [4.78, 5) is 14.3. The van der Waals surface area contributed by atoms with Gasteiger partial charge in [-0.3, -0.25) is 4.79 Å². The fourth-order valence-electron chi connectivity index (χ4n) is 2.01. The van der Waals surface area contributed by atoms with Crippen molar-refractivity contribution in [3.63, 3.8) is 0 Å². The molecule has 2 rings (SSSR count). The molecule has 0 bridgehead atoms. The molecule has 0 spiro atoms. The zero-order valence-corrected chi connectivity index (χ0v) is 10.4. The molecule has 0 aromatic carbocycles. The molecule has 1 saturated heterocycles. The summed E-state index contributed by atoms with van der Waals surface area (Å²) in [5.41, 5.74) is -0.657. The molecule has 0 atom stereocenters. The van der Waals surface area contributed by atoms with E-state index in [-0.39, 0.29) is 5.78 Å². The van der Waals surface area contributed by atoms with E-state index in [2.05, 4.69) is 0 Å². The summed E-state index contributed by atoms with van der Waals surface area (Å²) >= 11 is 1.53. The van der Waals surface area contributed by atoms with E-state index < -0.39 is 5.60 Å². The lowest BCUT2D eigenvalue weighted by Gasteiger charge is -2.33. The van der Waals surface area contributed by atoms with Crippen molar-refractivity contribution >= 4 is 17.1 Å². The number of Topliss-reactive ketones (excluding diaryl/α,β-unsaturated/α-hetero) is 1. The van der Waals surface area contributed by atoms with E-state index in [0.717, 1.165) is 9.75 Å². The molecule has 16 heavy (non-hydrogen) atoms. The van der Waals surface area contributed by atoms with Crippen LogP contribution >= 0.6 is 11.3 Å². The summed E-state index contributed by atoms with van der Waals surface area (Å²) in [5, 5.41) is 0. The van der Waals surface area contributed by atoms with E-state index in [1.807, 2.05) is 19.1 Å². The number of ether oxygens (including phenoxy) is 2. The molecule has 0 aliphatic carbocycles. The number of hydrogen-bond acceptors (Lipinski definition) is 4. The molecule has 2 heterocycles. The van der Waals surface area contributed by atoms with Crippen molar-refractivity contribution in [1.29, 1.82) is 0 Å². The van der Waals surface area contributed by atoms with Crippen molar-refractivity contribution in [2.45, 2.75) is 25.4 Å². The lowest BCUT2D eigenvalue weighted by Crippen LogP contribution is -2.45. The molecule has 0 unspecified atom stereocenters. The summed E-state index contributed by atoms with van der Waals surface area (Å²) in [6.45, 7) is 3.21. The van der Waals surface area contributed by atoms with Crippen molar-refractivity contribution in [2.24, 2.45) is 0 Å². The number of rotatable bonds is 3. The second kappa shape index (κ2) is 4.65. The van der Waals surface area contributed by atoms with Gasteiger partial charge in [0.1, 0.15) is 5.60 Å². The van der Waals surface area contributed by atoms with Gasteiger partial charge in [-0.1, -0.05) is 0 Å². The second-order valence-corrected chi connectivity index (χ2v) is 5.34. The number of ketones is 1. The summed E-state index contributed by atoms with van der Waals surface area (Å²) in [7, 11) is 1.61. The minimum absolute atomic E-state index is 0.108. The molecule has 1 aliphatic heterocycles. The van der Waals surface area contributed by atoms with Gasteiger partial charge in [-0.2, -0.15) is 0 Å². The zero-order chi connectivity index (χ0) is 11.6. The Morgan fingerprint density at radius 3 is 2.62 bits per heavy atom. The van der Waals surface area contributed by atoms with Crippen LogP contribution in [0.5, 0.6) is 0 Å². The van der Waals surface area contributed by atoms with E-state index in [1.165, 1.54) is 11.3 Å². The third-order valence-corrected chi connectivity index (χ3v) is 4.07. The smallest absolute Gasteiger partial charge is 0.204 e. The lowest BCUT2D eigenvalue weighted by atomic mass is 9.88. The molecule has 0 saturated carbocycles. The van der Waals surface area contributed by atoms with Crippen molar-refractivity contribution < 1.29 is 14.3 Å². The maximum atomic E-state index is 12.4. The van der Waals surface area contributed by atoms with Crippen LogP contribution in [0.4, 0.5) is 0 Å². The molecule has 0 radical (unpaired) electrons. The molecular formula is C12H16O3S. The Morgan fingerprint density at radius 1 is 1.44 bits per heavy atom. The van der Waals surface area contributed by atoms with Crippen LogP contribution in [0.15, 0.2) is 12.1 Å². The fourth-order valence-corrected chi connectivity index (χ4v) is 2.90. The first-order chi connectivity index (χ1) is 7.68. The number of thiophene rings is 1. The van der Waals surface area contributed by atoms with Gasteiger partial charge in [-0.25, -0.2) is 0 Å². The molecular weight excluding hydrogens is 224 g/mol. The molecule has 1 aromatic rings. The van der Waals surface area contributed by atoms with Crippen LogP contribution in [-0.2, 0) is 9.47 Å². The Balaban J connectivity index is 2.24. The van der Waals surface area contributed by atoms with Crippen LogP contribution in [0.25, 0.3) is 0 Å². The Hall–Kier alpha value is -0.710. The van der Waals surface area contributed by atoms with Crippen molar-refractivity contribution in [3.05, 3.63) is 21.9 Å². The third kappa shape index (κ3) is 2.05. The number of carbonyl (C=O) groups excluding carboxylic acids is 1. The molecule has 0 N–H and O–H groups in total. The summed E-state index contributed by atoms with van der Waals surface area (Å²) in [6, 6.07) is 3.86. The highest BCUT2D eigenvalue weighted by atomic mass is 32.1. The highest BCUT2D eigenvalue weighted by molar-refractivity contribution is 7.14. The van der Waals surface area contributed by atoms with Crippen LogP contribution < -0.4 is 0 Å². The normalized spacial score (nSPS) is 19.6. The molecule has 1 fully saturated rings. The standard InChI is InChI=1S/C12H16O3S/c1-9-3-4-10(16-9)11(13)12(14-2)5-7-15-8-6-12/h3-4H,5-8H2,1-2H3. The van der Waals surface area contributed by atoms with Gasteiger partial charge in [-0.15, -0.1) is 11.3 Å². The maximum absolute atomic E-state index is 12.4. The van der Waals surface area contributed by atoms with Gasteiger partial charge < -0.3 is 9.47 Å². The minimum Gasteiger partial charge on any atom is -0.381 e. The molecule has 0 amide bonds. The third-order valence-electron chi connectivity index (χ3n) is 3.07. The SMILES string of the molecule is COC1(C(=O)c2ccc(C)s2)CCOCC1. The Morgan fingerprint density at radius 2 is 2.12 bits per heavy atom. The highest BCUT2D eigenvalue weighted by Crippen LogP contribution is 2.31. The fraction of sp³-hybridized carbons (Fsp3) is 0.583. The number of hydrogen-bond donors (Lipinski definition) is 0. The van der Waals surface area contributed by atoms with E-state index in [9.17, 15) is 4.79 Å². The monoisotopic (exact) mass is 240 g/mol. The van der Waals surface area contributed by atoms with Gasteiger partial charge in [0.15, 0.2) is 0 Å². The predicted molar refractivity (Wildman–Crippen MR) is 63.2 cm³/mol. The largest absolute Gasteiger partial charge is 0.381 e. The zero-order valence-electron chi connectivity index (χ0n) is 9.62. The van der Waals surface area contributed by atoms with Crippen LogP contribution in [-0.4, -0.2) is 31.7 Å². The first-order valence-corrected chi connectivity index (χ1v) is 6.24. The minimum atomic E-state index is -0.657. The number of aryl methyl sites for hydroxylation is 1. The van der Waals surface area contributed by atoms with Crippen molar-refractivity contribution in [2.75, 3.05) is 20.3 Å². The first-order valence-electron chi connectivity index (χ1n) is 5.42. The first kappa shape index (κ1) is 11.8. The molecule has 1 aromatic heterocycles. The van der Waals surface area contributed by atoms with Gasteiger partial charge in [0.05, 0.1) is 4.88 Å². The van der Waals surface area contributed by atoms with Crippen LogP contribution in [0.1, 0.15) is 27.4 Å². The molecule has 4 heteroatoms. The number of carbonyl (C=O) groups is 1. The maximum Gasteiger partial charge on any atom is 0.204 e. The van der Waals surface area contributed by atoms with Crippen LogP contribution in [0.2, 0.25) is 0 Å². The molecule has 3 nitrogen and oxygen atoms in total. The number of methoxy groups -OCH3 is 1. The Bertz CT molecular complexity index is 377. The molecule has 88 valence electrons. The quantitative estimate of drug-likeness (QED) is 0.761. The van der Waals surface area contributed by atoms with E-state index >= 15 is 0 Å². The summed E-state index contributed by atoms with van der Waals surface area (Å²) in [5.74, 6) is 0.108. The Labute approximate surface area is 99.4 Å². The predicted octanol–water partition coefficient (Wildman–Crippen LogP) is 2.43. The van der Waals surface area contributed by atoms with Crippen LogP contribution in [0.3, 0.4) is 0 Å². The average molecular weight is 240 g/mol. The summed E-state index contributed by atoms with van der Waals surface area (Å²) < 4.78 is 10.8. The summed E-state index contributed by atoms with van der Waals surface area (Å²) in [6.07, 6.45) is 1.30. The topological polar surface area (TPSA) is 35.5 Å². The second-order valence-electron chi connectivity index (χ2n) is 4.05.